The van der Waals surface area contributed by atoms with Gasteiger partial charge in [-0.25, -0.2) is 0 Å². The van der Waals surface area contributed by atoms with E-state index in [1.54, 1.807) is 19.2 Å². The SMILES string of the molecule is COc1cc(OC)c(C(=O)NC2Cc3ccccc3C2)c(OC)c1. The Balaban J connectivity index is 1.83. The number of methoxy groups -OCH3 is 3. The van der Waals surface area contributed by atoms with E-state index in [1.165, 1.54) is 25.3 Å². The highest BCUT2D eigenvalue weighted by Crippen LogP contribution is 2.34. The Labute approximate surface area is 141 Å². The van der Waals surface area contributed by atoms with Gasteiger partial charge in [-0.15, -0.1) is 0 Å². The van der Waals surface area contributed by atoms with Gasteiger partial charge < -0.3 is 19.5 Å². The van der Waals surface area contributed by atoms with Crippen molar-refractivity contribution < 1.29 is 19.0 Å². The maximum absolute atomic E-state index is 12.8. The van der Waals surface area contributed by atoms with E-state index in [-0.39, 0.29) is 11.9 Å². The van der Waals surface area contributed by atoms with Gasteiger partial charge in [0.1, 0.15) is 22.8 Å². The van der Waals surface area contributed by atoms with Crippen LogP contribution in [0.4, 0.5) is 0 Å². The van der Waals surface area contributed by atoms with Crippen molar-refractivity contribution in [3.8, 4) is 17.2 Å². The molecule has 1 aliphatic carbocycles. The lowest BCUT2D eigenvalue weighted by Crippen LogP contribution is -2.35. The fourth-order valence-corrected chi connectivity index (χ4v) is 3.15. The van der Waals surface area contributed by atoms with Gasteiger partial charge in [0.05, 0.1) is 21.3 Å². The average molecular weight is 327 g/mol. The summed E-state index contributed by atoms with van der Waals surface area (Å²) in [6.07, 6.45) is 1.67. The molecule has 0 unspecified atom stereocenters. The number of hydrogen-bond acceptors (Lipinski definition) is 4. The molecular formula is C19H21NO4. The van der Waals surface area contributed by atoms with Gasteiger partial charge in [-0.3, -0.25) is 4.79 Å². The van der Waals surface area contributed by atoms with Crippen LogP contribution in [0.25, 0.3) is 0 Å². The predicted octanol–water partition coefficient (Wildman–Crippen LogP) is 2.61. The average Bonchev–Trinajstić information content (AvgIpc) is 3.02. The van der Waals surface area contributed by atoms with Crippen LogP contribution in [-0.4, -0.2) is 33.3 Å². The molecule has 1 aliphatic rings. The molecule has 1 amide bonds. The van der Waals surface area contributed by atoms with Crippen molar-refractivity contribution in [3.05, 3.63) is 53.1 Å². The molecule has 0 aromatic heterocycles. The molecule has 2 aromatic carbocycles. The van der Waals surface area contributed by atoms with Gasteiger partial charge in [-0.2, -0.15) is 0 Å². The van der Waals surface area contributed by atoms with Crippen LogP contribution < -0.4 is 19.5 Å². The van der Waals surface area contributed by atoms with Crippen LogP contribution >= 0.6 is 0 Å². The van der Waals surface area contributed by atoms with Gasteiger partial charge in [0.15, 0.2) is 0 Å². The standard InChI is InChI=1S/C19H21NO4/c1-22-15-10-16(23-2)18(17(11-15)24-3)19(21)20-14-8-12-6-4-5-7-13(12)9-14/h4-7,10-11,14H,8-9H2,1-3H3,(H,20,21). The lowest BCUT2D eigenvalue weighted by molar-refractivity contribution is 0.0932. The summed E-state index contributed by atoms with van der Waals surface area (Å²) in [6, 6.07) is 11.7. The Kier molecular flexibility index (Phi) is 4.60. The van der Waals surface area contributed by atoms with Gasteiger partial charge in [-0.1, -0.05) is 24.3 Å². The van der Waals surface area contributed by atoms with Crippen LogP contribution in [0.2, 0.25) is 0 Å². The molecule has 1 N–H and O–H groups in total. The summed E-state index contributed by atoms with van der Waals surface area (Å²) >= 11 is 0. The first-order valence-corrected chi connectivity index (χ1v) is 7.84. The normalized spacial score (nSPS) is 13.3. The second-order valence-electron chi connectivity index (χ2n) is 5.75. The van der Waals surface area contributed by atoms with Crippen LogP contribution in [-0.2, 0) is 12.8 Å². The number of benzene rings is 2. The van der Waals surface area contributed by atoms with Crippen molar-refractivity contribution in [2.24, 2.45) is 0 Å². The van der Waals surface area contributed by atoms with E-state index in [0.717, 1.165) is 12.8 Å². The third-order valence-corrected chi connectivity index (χ3v) is 4.33. The number of carbonyl (C=O) groups excluding carboxylic acids is 1. The van der Waals surface area contributed by atoms with Gasteiger partial charge in [0.2, 0.25) is 0 Å². The molecule has 24 heavy (non-hydrogen) atoms. The number of nitrogens with one attached hydrogen (secondary N) is 1. The fourth-order valence-electron chi connectivity index (χ4n) is 3.15. The molecule has 0 bridgehead atoms. The minimum Gasteiger partial charge on any atom is -0.496 e. The molecule has 3 rings (SSSR count). The third kappa shape index (κ3) is 3.02. The molecule has 0 radical (unpaired) electrons. The molecule has 0 heterocycles. The number of hydrogen-bond donors (Lipinski definition) is 1. The lowest BCUT2D eigenvalue weighted by atomic mass is 10.1. The van der Waals surface area contributed by atoms with Crippen LogP contribution in [0.15, 0.2) is 36.4 Å². The quantitative estimate of drug-likeness (QED) is 0.917. The second-order valence-corrected chi connectivity index (χ2v) is 5.75. The van der Waals surface area contributed by atoms with Crippen molar-refractivity contribution in [1.29, 1.82) is 0 Å². The molecule has 0 saturated heterocycles. The fraction of sp³-hybridized carbons (Fsp3) is 0.316. The summed E-state index contributed by atoms with van der Waals surface area (Å²) in [6.45, 7) is 0. The molecule has 0 atom stereocenters. The van der Waals surface area contributed by atoms with Crippen molar-refractivity contribution in [1.82, 2.24) is 5.32 Å². The zero-order valence-corrected chi connectivity index (χ0v) is 14.1. The van der Waals surface area contributed by atoms with Crippen LogP contribution in [0.5, 0.6) is 17.2 Å². The molecule has 5 heteroatoms. The minimum absolute atomic E-state index is 0.0754. The summed E-state index contributed by atoms with van der Waals surface area (Å²) in [4.78, 5) is 12.8. The van der Waals surface area contributed by atoms with Gasteiger partial charge >= 0.3 is 0 Å². The lowest BCUT2D eigenvalue weighted by Gasteiger charge is -2.17. The van der Waals surface area contributed by atoms with Crippen LogP contribution in [0.1, 0.15) is 21.5 Å². The molecule has 5 nitrogen and oxygen atoms in total. The zero-order valence-electron chi connectivity index (χ0n) is 14.1. The number of ether oxygens (including phenoxy) is 3. The Morgan fingerprint density at radius 2 is 1.50 bits per heavy atom. The van der Waals surface area contributed by atoms with E-state index in [2.05, 4.69) is 17.4 Å². The Morgan fingerprint density at radius 3 is 1.96 bits per heavy atom. The van der Waals surface area contributed by atoms with Crippen LogP contribution in [0.3, 0.4) is 0 Å². The molecule has 0 saturated carbocycles. The van der Waals surface area contributed by atoms with Crippen molar-refractivity contribution >= 4 is 5.91 Å². The summed E-state index contributed by atoms with van der Waals surface area (Å²) in [5.41, 5.74) is 2.96. The van der Waals surface area contributed by atoms with Gasteiger partial charge in [0, 0.05) is 18.2 Å². The number of fused-ring (bicyclic) bond motifs is 1. The topological polar surface area (TPSA) is 56.8 Å². The van der Waals surface area contributed by atoms with Crippen LogP contribution in [0, 0.1) is 0 Å². The summed E-state index contributed by atoms with van der Waals surface area (Å²) in [5, 5.41) is 3.09. The molecule has 0 aliphatic heterocycles. The van der Waals surface area contributed by atoms with E-state index < -0.39 is 0 Å². The van der Waals surface area contributed by atoms with E-state index in [4.69, 9.17) is 14.2 Å². The summed E-state index contributed by atoms with van der Waals surface area (Å²) in [5.74, 6) is 1.23. The van der Waals surface area contributed by atoms with Gasteiger partial charge in [-0.05, 0) is 24.0 Å². The highest BCUT2D eigenvalue weighted by molar-refractivity contribution is 6.00. The van der Waals surface area contributed by atoms with E-state index in [1.807, 2.05) is 12.1 Å². The first-order valence-electron chi connectivity index (χ1n) is 7.84. The summed E-state index contributed by atoms with van der Waals surface area (Å²) < 4.78 is 15.9. The summed E-state index contributed by atoms with van der Waals surface area (Å²) in [7, 11) is 4.61. The molecule has 126 valence electrons. The molecule has 2 aromatic rings. The minimum atomic E-state index is -0.204. The number of carbonyl (C=O) groups is 1. The Morgan fingerprint density at radius 1 is 0.958 bits per heavy atom. The first-order chi connectivity index (χ1) is 11.7. The highest BCUT2D eigenvalue weighted by Gasteiger charge is 2.26. The monoisotopic (exact) mass is 327 g/mol. The van der Waals surface area contributed by atoms with Crippen molar-refractivity contribution in [3.63, 3.8) is 0 Å². The Hall–Kier alpha value is -2.69. The zero-order chi connectivity index (χ0) is 17.1. The predicted molar refractivity (Wildman–Crippen MR) is 91.2 cm³/mol. The smallest absolute Gasteiger partial charge is 0.259 e. The van der Waals surface area contributed by atoms with E-state index >= 15 is 0 Å². The largest absolute Gasteiger partial charge is 0.496 e. The van der Waals surface area contributed by atoms with E-state index in [0.29, 0.717) is 22.8 Å². The number of amides is 1. The van der Waals surface area contributed by atoms with Gasteiger partial charge in [0.25, 0.3) is 5.91 Å². The molecule has 0 fully saturated rings. The third-order valence-electron chi connectivity index (χ3n) is 4.33. The van der Waals surface area contributed by atoms with E-state index in [9.17, 15) is 4.79 Å². The van der Waals surface area contributed by atoms with Crippen molar-refractivity contribution in [2.75, 3.05) is 21.3 Å². The highest BCUT2D eigenvalue weighted by atomic mass is 16.5. The molecule has 0 spiro atoms. The maximum atomic E-state index is 12.8. The van der Waals surface area contributed by atoms with Crippen molar-refractivity contribution in [2.45, 2.75) is 18.9 Å². The maximum Gasteiger partial charge on any atom is 0.259 e. The molecular weight excluding hydrogens is 306 g/mol. The second kappa shape index (κ2) is 6.83. The first kappa shape index (κ1) is 16.2. The Bertz CT molecular complexity index is 707. The number of rotatable bonds is 5.